The maximum absolute atomic E-state index is 11.8. The Morgan fingerprint density at radius 3 is 2.43 bits per heavy atom. The highest BCUT2D eigenvalue weighted by atomic mass is 19.4. The molecule has 1 unspecified atom stereocenters. The third-order valence-electron chi connectivity index (χ3n) is 1.82. The minimum Gasteiger partial charge on any atom is -0.471 e. The highest BCUT2D eigenvalue weighted by molar-refractivity contribution is 6.49. The van der Waals surface area contributed by atoms with E-state index in [0.717, 1.165) is 7.11 Å². The first kappa shape index (κ1) is 16.7. The number of ether oxygens (including phenoxy) is 2. The summed E-state index contributed by atoms with van der Waals surface area (Å²) in [7, 11) is -1.21. The van der Waals surface area contributed by atoms with E-state index < -0.39 is 50.1 Å². The van der Waals surface area contributed by atoms with Gasteiger partial charge in [-0.2, -0.15) is 13.2 Å². The molecule has 0 bridgehead atoms. The Hall–Kier alpha value is -2.31. The molecule has 0 aromatic rings. The molecule has 116 valence electrons. The van der Waals surface area contributed by atoms with E-state index in [1.54, 1.807) is 0 Å². The van der Waals surface area contributed by atoms with Crippen LogP contribution in [0.1, 0.15) is 0 Å². The first-order valence-electron chi connectivity index (χ1n) is 5.02. The molecule has 1 saturated heterocycles. The summed E-state index contributed by atoms with van der Waals surface area (Å²) in [5.41, 5.74) is 0. The predicted octanol–water partition coefficient (Wildman–Crippen LogP) is -1.27. The van der Waals surface area contributed by atoms with Crippen molar-refractivity contribution in [3.63, 3.8) is 0 Å². The summed E-state index contributed by atoms with van der Waals surface area (Å²) in [6, 6.07) is 0. The second-order valence-electron chi connectivity index (χ2n) is 3.36. The lowest BCUT2D eigenvalue weighted by molar-refractivity contribution is -0.191. The number of halogens is 3. The number of hydrogen-bond donors (Lipinski definition) is 0. The van der Waals surface area contributed by atoms with Gasteiger partial charge in [0.1, 0.15) is 0 Å². The molecule has 9 nitrogen and oxygen atoms in total. The van der Waals surface area contributed by atoms with Crippen molar-refractivity contribution in [3.05, 3.63) is 0 Å². The lowest BCUT2D eigenvalue weighted by Gasteiger charge is -2.09. The van der Waals surface area contributed by atoms with Gasteiger partial charge in [0.05, 0.1) is 7.11 Å². The van der Waals surface area contributed by atoms with Gasteiger partial charge in [-0.15, -0.1) is 0 Å². The summed E-state index contributed by atoms with van der Waals surface area (Å²) in [6.45, 7) is -1.94. The van der Waals surface area contributed by atoms with E-state index >= 15 is 0 Å². The molecule has 0 aliphatic carbocycles. The monoisotopic (exact) mass is 314 g/mol. The molecule has 1 fully saturated rings. The van der Waals surface area contributed by atoms with Crippen LogP contribution in [0.25, 0.3) is 0 Å². The second kappa shape index (κ2) is 6.43. The maximum Gasteiger partial charge on any atom is 0.793 e. The molecule has 1 heterocycles. The van der Waals surface area contributed by atoms with E-state index in [-0.39, 0.29) is 0 Å². The minimum absolute atomic E-state index is 0.864. The van der Waals surface area contributed by atoms with Crippen LogP contribution in [0, 0.1) is 0 Å². The fourth-order valence-corrected chi connectivity index (χ4v) is 1.00. The van der Waals surface area contributed by atoms with Crippen molar-refractivity contribution in [2.75, 3.05) is 13.7 Å². The number of carbonyl (C=O) groups excluding carboxylic acids is 4. The molecule has 13 heteroatoms. The van der Waals surface area contributed by atoms with Gasteiger partial charge in [0.15, 0.2) is 6.61 Å². The van der Waals surface area contributed by atoms with Crippen LogP contribution in [-0.4, -0.2) is 57.2 Å². The third-order valence-corrected chi connectivity index (χ3v) is 1.82. The summed E-state index contributed by atoms with van der Waals surface area (Å²) in [5.74, 6) is -6.17. The van der Waals surface area contributed by atoms with Gasteiger partial charge in [-0.3, -0.25) is 4.79 Å². The smallest absolute Gasteiger partial charge is 0.471 e. The third kappa shape index (κ3) is 4.94. The molecule has 0 aromatic carbocycles. The zero-order chi connectivity index (χ0) is 16.2. The minimum atomic E-state index is -4.80. The molecular weight excluding hydrogens is 308 g/mol. The van der Waals surface area contributed by atoms with Crippen molar-refractivity contribution in [1.29, 1.82) is 0 Å². The molecule has 1 aliphatic heterocycles. The van der Waals surface area contributed by atoms with E-state index in [1.165, 1.54) is 0 Å². The number of carbonyl (C=O) groups is 4. The lowest BCUT2D eigenvalue weighted by atomic mass is 10.2. The van der Waals surface area contributed by atoms with Gasteiger partial charge >= 0.3 is 37.4 Å². The van der Waals surface area contributed by atoms with Crippen molar-refractivity contribution >= 4 is 31.2 Å². The summed E-state index contributed by atoms with van der Waals surface area (Å²) < 4.78 is 56.0. The number of esters is 2. The first-order chi connectivity index (χ1) is 9.64. The molecule has 0 N–H and O–H groups in total. The Morgan fingerprint density at radius 2 is 1.90 bits per heavy atom. The second-order valence-corrected chi connectivity index (χ2v) is 3.36. The van der Waals surface area contributed by atoms with Crippen LogP contribution in [0.15, 0.2) is 0 Å². The molecular formula is C8H6BF3O9. The number of rotatable bonds is 3. The number of methoxy groups -OCH3 is 1. The summed E-state index contributed by atoms with van der Waals surface area (Å²) in [4.78, 5) is 43.9. The van der Waals surface area contributed by atoms with Crippen LogP contribution in [-0.2, 0) is 42.6 Å². The van der Waals surface area contributed by atoms with Crippen LogP contribution in [0.4, 0.5) is 13.2 Å². The molecule has 0 spiro atoms. The Balaban J connectivity index is 2.53. The maximum atomic E-state index is 11.8. The number of alkyl halides is 3. The molecule has 0 saturated carbocycles. The van der Waals surface area contributed by atoms with E-state index in [2.05, 4.69) is 23.4 Å². The molecule has 1 rings (SSSR count). The molecule has 1 aliphatic rings. The average Bonchev–Trinajstić information content (AvgIpc) is 2.74. The van der Waals surface area contributed by atoms with Crippen molar-refractivity contribution in [2.45, 2.75) is 12.3 Å². The fourth-order valence-electron chi connectivity index (χ4n) is 1.00. The summed E-state index contributed by atoms with van der Waals surface area (Å²) in [5, 5.41) is 0. The standard InChI is InChI=1S/C8H6BF3O9/c1-17-6(15)7(16)21-9-19-3(5(14)20-9)4(13)18-2-8(10,11)12/h3H,2H2,1H3. The first-order valence-corrected chi connectivity index (χ1v) is 5.02. The fraction of sp³-hybridized carbons (Fsp3) is 0.500. The Bertz CT molecular complexity index is 462. The lowest BCUT2D eigenvalue weighted by Crippen LogP contribution is -2.34. The topological polar surface area (TPSA) is 114 Å². The Labute approximate surface area is 114 Å². The van der Waals surface area contributed by atoms with Gasteiger partial charge in [-0.05, 0) is 0 Å². The van der Waals surface area contributed by atoms with E-state index in [1.807, 2.05) is 0 Å². The van der Waals surface area contributed by atoms with Gasteiger partial charge in [-0.1, -0.05) is 0 Å². The molecule has 1 atom stereocenters. The molecule has 0 amide bonds. The highest BCUT2D eigenvalue weighted by Crippen LogP contribution is 2.17. The highest BCUT2D eigenvalue weighted by Gasteiger charge is 2.51. The quantitative estimate of drug-likeness (QED) is 0.272. The van der Waals surface area contributed by atoms with E-state index in [9.17, 15) is 32.3 Å². The summed E-state index contributed by atoms with van der Waals surface area (Å²) in [6.07, 6.45) is -6.96. The Morgan fingerprint density at radius 1 is 1.29 bits per heavy atom. The van der Waals surface area contributed by atoms with Crippen LogP contribution < -0.4 is 0 Å². The van der Waals surface area contributed by atoms with Gasteiger partial charge in [0.2, 0.25) is 6.10 Å². The largest absolute Gasteiger partial charge is 0.793 e. The molecule has 0 aromatic heterocycles. The SMILES string of the molecule is COC(=O)C(=O)OB1OC(=O)C(C(=O)OCC(F)(F)F)O1. The zero-order valence-electron chi connectivity index (χ0n) is 10.2. The van der Waals surface area contributed by atoms with Crippen molar-refractivity contribution < 1.29 is 55.8 Å². The normalized spacial score (nSPS) is 18.0. The number of hydrogen-bond acceptors (Lipinski definition) is 9. The van der Waals surface area contributed by atoms with E-state index in [4.69, 9.17) is 0 Å². The van der Waals surface area contributed by atoms with E-state index in [0.29, 0.717) is 0 Å². The van der Waals surface area contributed by atoms with Crippen LogP contribution in [0.5, 0.6) is 0 Å². The summed E-state index contributed by atoms with van der Waals surface area (Å²) >= 11 is 0. The average molecular weight is 314 g/mol. The van der Waals surface area contributed by atoms with Gasteiger partial charge in [0, 0.05) is 0 Å². The van der Waals surface area contributed by atoms with Crippen LogP contribution in [0.2, 0.25) is 0 Å². The van der Waals surface area contributed by atoms with Crippen molar-refractivity contribution in [2.24, 2.45) is 0 Å². The molecule has 21 heavy (non-hydrogen) atoms. The van der Waals surface area contributed by atoms with Crippen LogP contribution in [0.3, 0.4) is 0 Å². The van der Waals surface area contributed by atoms with Gasteiger partial charge in [0.25, 0.3) is 0 Å². The Kier molecular flexibility index (Phi) is 5.13. The van der Waals surface area contributed by atoms with Gasteiger partial charge < -0.3 is 23.4 Å². The molecule has 0 radical (unpaired) electrons. The van der Waals surface area contributed by atoms with Crippen molar-refractivity contribution in [3.8, 4) is 0 Å². The van der Waals surface area contributed by atoms with Crippen LogP contribution >= 0.6 is 0 Å². The van der Waals surface area contributed by atoms with Crippen molar-refractivity contribution in [1.82, 2.24) is 0 Å². The zero-order valence-corrected chi connectivity index (χ0v) is 10.2. The predicted molar refractivity (Wildman–Crippen MR) is 51.8 cm³/mol. The van der Waals surface area contributed by atoms with Gasteiger partial charge in [-0.25, -0.2) is 14.4 Å².